The molecule has 1 aliphatic rings. The predicted molar refractivity (Wildman–Crippen MR) is 74.8 cm³/mol. The number of Topliss-reactive ketones (excluding diaryl/α,β-unsaturated/α-hetero) is 1. The van der Waals surface area contributed by atoms with Crippen LogP contribution in [0.25, 0.3) is 6.08 Å². The van der Waals surface area contributed by atoms with Gasteiger partial charge in [-0.15, -0.1) is 11.3 Å². The third kappa shape index (κ3) is 2.29. The number of carbonyl (C=O) groups is 1. The quantitative estimate of drug-likeness (QED) is 0.493. The van der Waals surface area contributed by atoms with Crippen LogP contribution in [0.15, 0.2) is 41.3 Å². The van der Waals surface area contributed by atoms with Crippen LogP contribution in [0.2, 0.25) is 0 Å². The predicted octanol–water partition coefficient (Wildman–Crippen LogP) is 3.27. The lowest BCUT2D eigenvalue weighted by atomic mass is 10.0. The van der Waals surface area contributed by atoms with Crippen LogP contribution in [0.5, 0.6) is 11.5 Å². The van der Waals surface area contributed by atoms with Crippen molar-refractivity contribution in [3.05, 3.63) is 51.7 Å². The lowest BCUT2D eigenvalue weighted by Gasteiger charge is -2.01. The summed E-state index contributed by atoms with van der Waals surface area (Å²) in [7, 11) is 0. The lowest BCUT2D eigenvalue weighted by Crippen LogP contribution is -2.01. The molecule has 0 unspecified atom stereocenters. The van der Waals surface area contributed by atoms with Crippen LogP contribution < -0.4 is 9.47 Å². The zero-order valence-corrected chi connectivity index (χ0v) is 11.1. The number of fused-ring (bicyclic) bond motifs is 1. The highest BCUT2D eigenvalue weighted by Gasteiger charge is 2.18. The number of ether oxygens (including phenoxy) is 2. The van der Waals surface area contributed by atoms with Crippen molar-refractivity contribution in [1.82, 2.24) is 0 Å². The van der Waals surface area contributed by atoms with Crippen LogP contribution in [-0.2, 0) is 0 Å². The average molecular weight is 283 g/mol. The topological polar surface area (TPSA) is 59.3 Å². The second kappa shape index (κ2) is 5.19. The van der Waals surface area contributed by atoms with Crippen LogP contribution in [0.4, 0.5) is 0 Å². The summed E-state index contributed by atoms with van der Waals surface area (Å²) in [5.74, 6) is 0.825. The van der Waals surface area contributed by atoms with Crippen molar-refractivity contribution in [2.24, 2.45) is 0 Å². The fourth-order valence-corrected chi connectivity index (χ4v) is 2.51. The molecular formula is C15H9NO3S. The molecule has 4 nitrogen and oxygen atoms in total. The van der Waals surface area contributed by atoms with Crippen molar-refractivity contribution in [2.45, 2.75) is 0 Å². The number of carbonyl (C=O) groups excluding carboxylic acids is 1. The maximum Gasteiger partial charge on any atom is 0.231 e. The molecule has 0 radical (unpaired) electrons. The number of hydrogen-bond acceptors (Lipinski definition) is 5. The van der Waals surface area contributed by atoms with Crippen molar-refractivity contribution in [3.8, 4) is 17.6 Å². The zero-order chi connectivity index (χ0) is 13.9. The van der Waals surface area contributed by atoms with Crippen molar-refractivity contribution in [1.29, 1.82) is 5.26 Å². The highest BCUT2D eigenvalue weighted by molar-refractivity contribution is 7.10. The van der Waals surface area contributed by atoms with E-state index in [1.807, 2.05) is 23.6 Å². The molecule has 0 amide bonds. The van der Waals surface area contributed by atoms with Gasteiger partial charge in [-0.2, -0.15) is 5.26 Å². The molecule has 0 N–H and O–H groups in total. The normalized spacial score (nSPS) is 13.1. The molecule has 20 heavy (non-hydrogen) atoms. The fourth-order valence-electron chi connectivity index (χ4n) is 1.86. The largest absolute Gasteiger partial charge is 0.454 e. The summed E-state index contributed by atoms with van der Waals surface area (Å²) in [6, 6.07) is 10.6. The Hall–Kier alpha value is -2.58. The molecule has 0 fully saturated rings. The Morgan fingerprint density at radius 1 is 1.30 bits per heavy atom. The molecule has 0 saturated heterocycles. The van der Waals surface area contributed by atoms with Gasteiger partial charge in [0.05, 0.1) is 0 Å². The molecule has 0 saturated carbocycles. The Morgan fingerprint density at radius 3 is 2.90 bits per heavy atom. The maximum absolute atomic E-state index is 12.3. The van der Waals surface area contributed by atoms with Gasteiger partial charge in [0.2, 0.25) is 12.6 Å². The molecule has 3 rings (SSSR count). The average Bonchev–Trinajstić information content (AvgIpc) is 3.14. The first-order chi connectivity index (χ1) is 9.78. The molecule has 1 aromatic heterocycles. The smallest absolute Gasteiger partial charge is 0.231 e. The van der Waals surface area contributed by atoms with Crippen molar-refractivity contribution in [3.63, 3.8) is 0 Å². The third-order valence-corrected chi connectivity index (χ3v) is 3.65. The summed E-state index contributed by atoms with van der Waals surface area (Å²) in [6.45, 7) is 0.156. The van der Waals surface area contributed by atoms with E-state index in [1.54, 1.807) is 24.3 Å². The summed E-state index contributed by atoms with van der Waals surface area (Å²) < 4.78 is 10.4. The monoisotopic (exact) mass is 283 g/mol. The van der Waals surface area contributed by atoms with Crippen molar-refractivity contribution >= 4 is 23.2 Å². The van der Waals surface area contributed by atoms with Crippen LogP contribution in [0.3, 0.4) is 0 Å². The van der Waals surface area contributed by atoms with Crippen LogP contribution in [-0.4, -0.2) is 12.6 Å². The Kier molecular flexibility index (Phi) is 3.23. The van der Waals surface area contributed by atoms with Crippen molar-refractivity contribution < 1.29 is 14.3 Å². The lowest BCUT2D eigenvalue weighted by molar-refractivity contribution is 0.103. The Morgan fingerprint density at radius 2 is 2.15 bits per heavy atom. The number of thiophene rings is 1. The molecule has 2 aromatic rings. The Bertz CT molecular complexity index is 726. The highest BCUT2D eigenvalue weighted by atomic mass is 32.1. The van der Waals surface area contributed by atoms with Gasteiger partial charge in [0, 0.05) is 10.4 Å². The molecule has 0 spiro atoms. The van der Waals surface area contributed by atoms with E-state index in [0.717, 1.165) is 4.88 Å². The van der Waals surface area contributed by atoms with Crippen LogP contribution in [0, 0.1) is 11.3 Å². The second-order valence-corrected chi connectivity index (χ2v) is 5.06. The number of nitriles is 1. The number of rotatable bonds is 3. The third-order valence-electron chi connectivity index (χ3n) is 2.83. The molecule has 0 bridgehead atoms. The highest BCUT2D eigenvalue weighted by Crippen LogP contribution is 2.33. The summed E-state index contributed by atoms with van der Waals surface area (Å²) in [5, 5.41) is 11.1. The number of allylic oxidation sites excluding steroid dienone is 1. The standard InChI is InChI=1S/C15H9NO3S/c16-8-11(6-12-2-1-5-20-12)15(17)10-3-4-13-14(7-10)19-9-18-13/h1-7H,9H2. The van der Waals surface area contributed by atoms with E-state index in [1.165, 1.54) is 11.3 Å². The van der Waals surface area contributed by atoms with E-state index in [-0.39, 0.29) is 18.1 Å². The van der Waals surface area contributed by atoms with Crippen LogP contribution >= 0.6 is 11.3 Å². The fraction of sp³-hybridized carbons (Fsp3) is 0.0667. The minimum absolute atomic E-state index is 0.103. The van der Waals surface area contributed by atoms with Gasteiger partial charge in [-0.05, 0) is 35.7 Å². The van der Waals surface area contributed by atoms with Gasteiger partial charge in [-0.1, -0.05) is 6.07 Å². The molecule has 0 aliphatic carbocycles. The molecule has 5 heteroatoms. The SMILES string of the molecule is N#CC(=Cc1cccs1)C(=O)c1ccc2c(c1)OCO2. The number of hydrogen-bond donors (Lipinski definition) is 0. The molecule has 1 aromatic carbocycles. The first-order valence-corrected chi connectivity index (χ1v) is 6.75. The molecule has 2 heterocycles. The number of ketones is 1. The van der Waals surface area contributed by atoms with Gasteiger partial charge in [0.1, 0.15) is 11.6 Å². The van der Waals surface area contributed by atoms with Gasteiger partial charge in [-0.25, -0.2) is 0 Å². The maximum atomic E-state index is 12.3. The van der Waals surface area contributed by atoms with Gasteiger partial charge in [0.15, 0.2) is 11.5 Å². The van der Waals surface area contributed by atoms with Gasteiger partial charge in [0.25, 0.3) is 0 Å². The summed E-state index contributed by atoms with van der Waals surface area (Å²) in [5.41, 5.74) is 0.518. The van der Waals surface area contributed by atoms with E-state index >= 15 is 0 Å². The van der Waals surface area contributed by atoms with Gasteiger partial charge >= 0.3 is 0 Å². The molecule has 1 aliphatic heterocycles. The molecule has 98 valence electrons. The summed E-state index contributed by atoms with van der Waals surface area (Å²) in [6.07, 6.45) is 1.59. The minimum Gasteiger partial charge on any atom is -0.454 e. The minimum atomic E-state index is -0.320. The van der Waals surface area contributed by atoms with E-state index in [2.05, 4.69) is 0 Å². The molecule has 0 atom stereocenters. The van der Waals surface area contributed by atoms with E-state index < -0.39 is 0 Å². The number of benzene rings is 1. The second-order valence-electron chi connectivity index (χ2n) is 4.08. The van der Waals surface area contributed by atoms with Gasteiger partial charge < -0.3 is 9.47 Å². The van der Waals surface area contributed by atoms with Crippen LogP contribution in [0.1, 0.15) is 15.2 Å². The molecular weight excluding hydrogens is 274 g/mol. The Balaban J connectivity index is 1.93. The first kappa shape index (κ1) is 12.5. The van der Waals surface area contributed by atoms with E-state index in [4.69, 9.17) is 14.7 Å². The first-order valence-electron chi connectivity index (χ1n) is 5.87. The van der Waals surface area contributed by atoms with Gasteiger partial charge in [-0.3, -0.25) is 4.79 Å². The Labute approximate surface area is 119 Å². The van der Waals surface area contributed by atoms with Crippen molar-refractivity contribution in [2.75, 3.05) is 6.79 Å². The summed E-state index contributed by atoms with van der Waals surface area (Å²) in [4.78, 5) is 13.2. The zero-order valence-electron chi connectivity index (χ0n) is 10.3. The number of nitrogens with zero attached hydrogens (tertiary/aromatic N) is 1. The van der Waals surface area contributed by atoms with E-state index in [0.29, 0.717) is 17.1 Å². The summed E-state index contributed by atoms with van der Waals surface area (Å²) >= 11 is 1.47. The van der Waals surface area contributed by atoms with E-state index in [9.17, 15) is 4.79 Å².